The van der Waals surface area contributed by atoms with E-state index in [0.717, 1.165) is 51.4 Å². The minimum atomic E-state index is -0.666. The second-order valence-electron chi connectivity index (χ2n) is 24.6. The Morgan fingerprint density at radius 1 is 0.354 bits per heavy atom. The minimum absolute atomic E-state index is 0.00158. The molecule has 0 aliphatic carbocycles. The Bertz CT molecular complexity index is 1280. The number of unbranched alkanes of at least 4 members (excludes halogenated alkanes) is 50. The van der Waals surface area contributed by atoms with Crippen LogP contribution in [0, 0.1) is 0 Å². The van der Waals surface area contributed by atoms with E-state index in [1.54, 1.807) is 0 Å². The molecular formula is C73H139NO5. The fraction of sp³-hybridized carbons (Fsp3) is 0.890. The smallest absolute Gasteiger partial charge is 0.305 e. The van der Waals surface area contributed by atoms with Crippen LogP contribution in [0.5, 0.6) is 0 Å². The van der Waals surface area contributed by atoms with Gasteiger partial charge in [0.2, 0.25) is 5.91 Å². The van der Waals surface area contributed by atoms with Gasteiger partial charge in [0.1, 0.15) is 0 Å². The molecule has 6 heteroatoms. The number of esters is 1. The first kappa shape index (κ1) is 77.1. The highest BCUT2D eigenvalue weighted by Crippen LogP contribution is 2.19. The molecule has 466 valence electrons. The molecule has 0 saturated carbocycles. The lowest BCUT2D eigenvalue weighted by Gasteiger charge is -2.22. The Hall–Kier alpha value is -1.92. The van der Waals surface area contributed by atoms with E-state index in [-0.39, 0.29) is 18.5 Å². The van der Waals surface area contributed by atoms with Crippen LogP contribution in [0.15, 0.2) is 36.5 Å². The zero-order chi connectivity index (χ0) is 57.1. The van der Waals surface area contributed by atoms with Crippen LogP contribution in [0.3, 0.4) is 0 Å². The molecule has 0 heterocycles. The number of hydrogen-bond donors (Lipinski definition) is 3. The van der Waals surface area contributed by atoms with Gasteiger partial charge in [-0.25, -0.2) is 0 Å². The van der Waals surface area contributed by atoms with Crippen molar-refractivity contribution >= 4 is 11.9 Å². The number of aliphatic hydroxyl groups excluding tert-OH is 2. The molecule has 0 bridgehead atoms. The summed E-state index contributed by atoms with van der Waals surface area (Å²) in [5.41, 5.74) is 0. The van der Waals surface area contributed by atoms with E-state index < -0.39 is 12.1 Å². The van der Waals surface area contributed by atoms with Crippen molar-refractivity contribution in [2.24, 2.45) is 0 Å². The van der Waals surface area contributed by atoms with E-state index in [0.29, 0.717) is 25.9 Å². The monoisotopic (exact) mass is 1110 g/mol. The van der Waals surface area contributed by atoms with Gasteiger partial charge in [0.05, 0.1) is 25.4 Å². The highest BCUT2D eigenvalue weighted by atomic mass is 16.5. The third kappa shape index (κ3) is 65.1. The van der Waals surface area contributed by atoms with E-state index in [1.807, 2.05) is 0 Å². The molecule has 2 unspecified atom stereocenters. The van der Waals surface area contributed by atoms with Crippen LogP contribution in [0.25, 0.3) is 0 Å². The molecule has 0 aliphatic rings. The number of amides is 1. The minimum Gasteiger partial charge on any atom is -0.466 e. The molecule has 0 radical (unpaired) electrons. The second kappa shape index (κ2) is 68.6. The maximum absolute atomic E-state index is 12.5. The van der Waals surface area contributed by atoms with Crippen LogP contribution in [0.4, 0.5) is 0 Å². The molecule has 3 N–H and O–H groups in total. The van der Waals surface area contributed by atoms with Gasteiger partial charge in [-0.1, -0.05) is 333 Å². The van der Waals surface area contributed by atoms with Crippen molar-refractivity contribution < 1.29 is 24.5 Å². The van der Waals surface area contributed by atoms with Gasteiger partial charge >= 0.3 is 5.97 Å². The molecule has 0 aromatic carbocycles. The van der Waals surface area contributed by atoms with Crippen molar-refractivity contribution in [3.63, 3.8) is 0 Å². The largest absolute Gasteiger partial charge is 0.466 e. The van der Waals surface area contributed by atoms with E-state index in [4.69, 9.17) is 4.74 Å². The molecule has 0 aromatic rings. The molecule has 0 rings (SSSR count). The summed E-state index contributed by atoms with van der Waals surface area (Å²) >= 11 is 0. The molecule has 79 heavy (non-hydrogen) atoms. The topological polar surface area (TPSA) is 95.9 Å². The maximum Gasteiger partial charge on any atom is 0.305 e. The van der Waals surface area contributed by atoms with E-state index in [2.05, 4.69) is 55.6 Å². The predicted molar refractivity (Wildman–Crippen MR) is 347 cm³/mol. The van der Waals surface area contributed by atoms with Gasteiger partial charge in [-0.3, -0.25) is 9.59 Å². The van der Waals surface area contributed by atoms with Crippen LogP contribution in [0.1, 0.15) is 393 Å². The maximum atomic E-state index is 12.5. The molecule has 0 aromatic heterocycles. The number of ether oxygens (including phenoxy) is 1. The quantitative estimate of drug-likeness (QED) is 0.0320. The summed E-state index contributed by atoms with van der Waals surface area (Å²) < 4.78 is 5.48. The Kier molecular flexibility index (Phi) is 66.9. The Balaban J connectivity index is 3.39. The van der Waals surface area contributed by atoms with E-state index in [1.165, 1.54) is 308 Å². The summed E-state index contributed by atoms with van der Waals surface area (Å²) in [5, 5.41) is 23.4. The fourth-order valence-corrected chi connectivity index (χ4v) is 11.2. The van der Waals surface area contributed by atoms with Gasteiger partial charge in [-0.15, -0.1) is 0 Å². The number of hydrogen-bond acceptors (Lipinski definition) is 5. The molecule has 2 atom stereocenters. The summed E-state index contributed by atoms with van der Waals surface area (Å²) in [6.45, 7) is 4.95. The SMILES string of the molecule is CCCCC/C=C\C/C=C\CCCCCCCC(=O)OCCCCCCCCCCCCCC/C=C\CCCCCCCCCCCCCC(=O)NC(CO)C(O)CCCCCCCCCCCCCCCCCCCCCC. The van der Waals surface area contributed by atoms with Gasteiger partial charge in [0.15, 0.2) is 0 Å². The fourth-order valence-electron chi connectivity index (χ4n) is 11.2. The summed E-state index contributed by atoms with van der Waals surface area (Å²) in [6, 6.07) is -0.543. The predicted octanol–water partition coefficient (Wildman–Crippen LogP) is 23.1. The molecule has 0 fully saturated rings. The standard InChI is InChI=1S/C73H139NO5/c1-3-5-7-9-11-13-15-17-19-20-21-31-34-38-41-45-49-53-57-61-65-71(76)70(69-75)74-72(77)66-62-58-54-50-46-42-39-35-32-29-27-25-23-22-24-26-28-30-33-36-40-44-48-52-56-60-64-68-79-73(78)67-63-59-55-51-47-43-37-18-16-14-12-10-8-6-4-2/h12,14,18,22-23,37,70-71,75-76H,3-11,13,15-17,19-21,24-36,38-69H2,1-2H3,(H,74,77)/b14-12-,23-22-,37-18-. The molecule has 6 nitrogen and oxygen atoms in total. The van der Waals surface area contributed by atoms with Crippen molar-refractivity contribution in [1.82, 2.24) is 5.32 Å². The molecule has 0 aliphatic heterocycles. The Morgan fingerprint density at radius 3 is 1.00 bits per heavy atom. The lowest BCUT2D eigenvalue weighted by Crippen LogP contribution is -2.45. The highest BCUT2D eigenvalue weighted by molar-refractivity contribution is 5.76. The number of carbonyl (C=O) groups is 2. The number of aliphatic hydroxyl groups is 2. The molecule has 0 saturated heterocycles. The summed E-state index contributed by atoms with van der Waals surface area (Å²) in [6.07, 6.45) is 87.6. The Morgan fingerprint density at radius 2 is 0.633 bits per heavy atom. The number of rotatable bonds is 67. The number of carbonyl (C=O) groups excluding carboxylic acids is 2. The average molecular weight is 1110 g/mol. The average Bonchev–Trinajstić information content (AvgIpc) is 3.45. The van der Waals surface area contributed by atoms with Crippen LogP contribution >= 0.6 is 0 Å². The van der Waals surface area contributed by atoms with Crippen LogP contribution < -0.4 is 5.32 Å². The first-order valence-corrected chi connectivity index (χ1v) is 35.7. The molecule has 0 spiro atoms. The highest BCUT2D eigenvalue weighted by Gasteiger charge is 2.20. The zero-order valence-corrected chi connectivity index (χ0v) is 53.4. The number of nitrogens with one attached hydrogen (secondary N) is 1. The Labute approximate surface area is 494 Å². The number of allylic oxidation sites excluding steroid dienone is 6. The van der Waals surface area contributed by atoms with Crippen LogP contribution in [-0.2, 0) is 14.3 Å². The van der Waals surface area contributed by atoms with Crippen LogP contribution in [-0.4, -0.2) is 47.4 Å². The van der Waals surface area contributed by atoms with Gasteiger partial charge in [-0.05, 0) is 83.5 Å². The third-order valence-corrected chi connectivity index (χ3v) is 16.7. The van der Waals surface area contributed by atoms with Crippen molar-refractivity contribution in [3.05, 3.63) is 36.5 Å². The zero-order valence-electron chi connectivity index (χ0n) is 53.4. The third-order valence-electron chi connectivity index (χ3n) is 16.7. The molecular weight excluding hydrogens is 971 g/mol. The van der Waals surface area contributed by atoms with Crippen molar-refractivity contribution in [3.8, 4) is 0 Å². The summed E-state index contributed by atoms with van der Waals surface area (Å²) in [5.74, 6) is -0.0305. The van der Waals surface area contributed by atoms with E-state index in [9.17, 15) is 19.8 Å². The van der Waals surface area contributed by atoms with E-state index >= 15 is 0 Å². The first-order valence-electron chi connectivity index (χ1n) is 35.7. The van der Waals surface area contributed by atoms with Gasteiger partial charge in [0, 0.05) is 12.8 Å². The van der Waals surface area contributed by atoms with Crippen molar-refractivity contribution in [1.29, 1.82) is 0 Å². The van der Waals surface area contributed by atoms with Gasteiger partial charge in [0.25, 0.3) is 0 Å². The summed E-state index contributed by atoms with van der Waals surface area (Å²) in [4.78, 5) is 24.6. The van der Waals surface area contributed by atoms with Crippen molar-refractivity contribution in [2.45, 2.75) is 405 Å². The molecule has 1 amide bonds. The van der Waals surface area contributed by atoms with Crippen molar-refractivity contribution in [2.75, 3.05) is 13.2 Å². The lowest BCUT2D eigenvalue weighted by atomic mass is 10.0. The first-order chi connectivity index (χ1) is 39.0. The lowest BCUT2D eigenvalue weighted by molar-refractivity contribution is -0.143. The normalized spacial score (nSPS) is 12.7. The van der Waals surface area contributed by atoms with Gasteiger partial charge < -0.3 is 20.3 Å². The summed E-state index contributed by atoms with van der Waals surface area (Å²) in [7, 11) is 0. The second-order valence-corrected chi connectivity index (χ2v) is 24.6. The van der Waals surface area contributed by atoms with Gasteiger partial charge in [-0.2, -0.15) is 0 Å². The van der Waals surface area contributed by atoms with Crippen LogP contribution in [0.2, 0.25) is 0 Å².